The molecule has 19 heavy (non-hydrogen) atoms. The third kappa shape index (κ3) is 5.01. The number of amides is 1. The highest BCUT2D eigenvalue weighted by atomic mass is 16.6. The van der Waals surface area contributed by atoms with Crippen LogP contribution in [0.5, 0.6) is 0 Å². The predicted octanol–water partition coefficient (Wildman–Crippen LogP) is 2.78. The third-order valence-corrected chi connectivity index (χ3v) is 3.79. The summed E-state index contributed by atoms with van der Waals surface area (Å²) in [6.07, 6.45) is 5.81. The average Bonchev–Trinajstić information content (AvgIpc) is 3.13. The number of carbonyl (C=O) groups excluding carboxylic acids is 1. The maximum atomic E-state index is 12.2. The normalized spacial score (nSPS) is 24.1. The van der Waals surface area contributed by atoms with E-state index in [1.165, 1.54) is 12.8 Å². The molecule has 0 radical (unpaired) electrons. The van der Waals surface area contributed by atoms with Crippen molar-refractivity contribution in [1.29, 1.82) is 0 Å². The summed E-state index contributed by atoms with van der Waals surface area (Å²) in [6.45, 7) is 8.90. The predicted molar refractivity (Wildman–Crippen MR) is 76.2 cm³/mol. The Morgan fingerprint density at radius 3 is 2.58 bits per heavy atom. The number of nitrogens with one attached hydrogen (secondary N) is 1. The average molecular weight is 268 g/mol. The molecular formula is C15H28N2O2. The minimum absolute atomic E-state index is 0.126. The summed E-state index contributed by atoms with van der Waals surface area (Å²) in [5.74, 6) is 0.720. The first kappa shape index (κ1) is 14.6. The number of hydrogen-bond donors (Lipinski definition) is 1. The molecular weight excluding hydrogens is 240 g/mol. The molecule has 1 saturated carbocycles. The second-order valence-corrected chi connectivity index (χ2v) is 6.91. The lowest BCUT2D eigenvalue weighted by atomic mass is 9.96. The van der Waals surface area contributed by atoms with Crippen molar-refractivity contribution in [3.63, 3.8) is 0 Å². The number of nitrogens with zero attached hydrogens (tertiary/aromatic N) is 1. The van der Waals surface area contributed by atoms with Gasteiger partial charge in [0.15, 0.2) is 0 Å². The van der Waals surface area contributed by atoms with Crippen LogP contribution in [0.3, 0.4) is 0 Å². The van der Waals surface area contributed by atoms with Crippen LogP contribution in [0.2, 0.25) is 0 Å². The van der Waals surface area contributed by atoms with E-state index in [2.05, 4.69) is 5.32 Å². The zero-order valence-corrected chi connectivity index (χ0v) is 12.6. The van der Waals surface area contributed by atoms with Crippen LogP contribution in [-0.4, -0.2) is 42.3 Å². The van der Waals surface area contributed by atoms with Gasteiger partial charge in [-0.05, 0) is 71.9 Å². The van der Waals surface area contributed by atoms with Crippen LogP contribution in [0.4, 0.5) is 4.79 Å². The fourth-order valence-electron chi connectivity index (χ4n) is 2.62. The lowest BCUT2D eigenvalue weighted by molar-refractivity contribution is 0.0221. The van der Waals surface area contributed by atoms with Crippen molar-refractivity contribution >= 4 is 6.09 Å². The lowest BCUT2D eigenvalue weighted by Gasteiger charge is -2.29. The van der Waals surface area contributed by atoms with E-state index in [0.717, 1.165) is 44.8 Å². The van der Waals surface area contributed by atoms with Crippen LogP contribution in [0, 0.1) is 5.92 Å². The van der Waals surface area contributed by atoms with Gasteiger partial charge in [-0.1, -0.05) is 0 Å². The van der Waals surface area contributed by atoms with Crippen molar-refractivity contribution in [3.8, 4) is 0 Å². The molecule has 0 aromatic carbocycles. The molecule has 2 rings (SSSR count). The van der Waals surface area contributed by atoms with Gasteiger partial charge >= 0.3 is 6.09 Å². The standard InChI is InChI=1S/C15H28N2O2/c1-15(2,3)19-14(18)17(13-6-7-13)10-8-12-5-4-9-16-11-12/h12-13,16H,4-11H2,1-3H3. The van der Waals surface area contributed by atoms with Crippen molar-refractivity contribution < 1.29 is 9.53 Å². The smallest absolute Gasteiger partial charge is 0.410 e. The van der Waals surface area contributed by atoms with Gasteiger partial charge in [-0.15, -0.1) is 0 Å². The maximum Gasteiger partial charge on any atom is 0.410 e. The van der Waals surface area contributed by atoms with Crippen LogP contribution in [0.15, 0.2) is 0 Å². The molecule has 4 heteroatoms. The molecule has 0 spiro atoms. The van der Waals surface area contributed by atoms with Gasteiger partial charge in [0.25, 0.3) is 0 Å². The fraction of sp³-hybridized carbons (Fsp3) is 0.933. The van der Waals surface area contributed by atoms with Gasteiger partial charge in [-0.2, -0.15) is 0 Å². The number of rotatable bonds is 4. The number of ether oxygens (including phenoxy) is 1. The quantitative estimate of drug-likeness (QED) is 0.852. The highest BCUT2D eigenvalue weighted by molar-refractivity contribution is 5.69. The van der Waals surface area contributed by atoms with E-state index in [0.29, 0.717) is 6.04 Å². The molecule has 110 valence electrons. The molecule has 1 N–H and O–H groups in total. The molecule has 2 fully saturated rings. The Morgan fingerprint density at radius 2 is 2.05 bits per heavy atom. The van der Waals surface area contributed by atoms with Gasteiger partial charge in [0.05, 0.1) is 0 Å². The molecule has 1 atom stereocenters. The van der Waals surface area contributed by atoms with E-state index in [4.69, 9.17) is 4.74 Å². The van der Waals surface area contributed by atoms with Gasteiger partial charge in [0, 0.05) is 12.6 Å². The Kier molecular flexibility index (Phi) is 4.71. The summed E-state index contributed by atoms with van der Waals surface area (Å²) in [7, 11) is 0. The highest BCUT2D eigenvalue weighted by Gasteiger charge is 2.35. The number of carbonyl (C=O) groups is 1. The monoisotopic (exact) mass is 268 g/mol. The van der Waals surface area contributed by atoms with Crippen LogP contribution in [0.1, 0.15) is 52.9 Å². The largest absolute Gasteiger partial charge is 0.444 e. The Labute approximate surface area is 116 Å². The van der Waals surface area contributed by atoms with Crippen molar-refractivity contribution in [1.82, 2.24) is 10.2 Å². The van der Waals surface area contributed by atoms with Crippen LogP contribution in [-0.2, 0) is 4.74 Å². The number of hydrogen-bond acceptors (Lipinski definition) is 3. The molecule has 0 aromatic rings. The van der Waals surface area contributed by atoms with Crippen LogP contribution in [0.25, 0.3) is 0 Å². The Morgan fingerprint density at radius 1 is 1.32 bits per heavy atom. The Hall–Kier alpha value is -0.770. The van der Waals surface area contributed by atoms with E-state index in [1.54, 1.807) is 0 Å². The summed E-state index contributed by atoms with van der Waals surface area (Å²) in [6, 6.07) is 0.436. The van der Waals surface area contributed by atoms with Crippen molar-refractivity contribution in [2.24, 2.45) is 5.92 Å². The maximum absolute atomic E-state index is 12.2. The summed E-state index contributed by atoms with van der Waals surface area (Å²) < 4.78 is 5.51. The molecule has 1 saturated heterocycles. The van der Waals surface area contributed by atoms with Crippen molar-refractivity contribution in [2.75, 3.05) is 19.6 Å². The molecule has 1 aliphatic heterocycles. The Bertz CT molecular complexity index is 302. The molecule has 0 aromatic heterocycles. The first-order valence-corrected chi connectivity index (χ1v) is 7.66. The van der Waals surface area contributed by atoms with Crippen molar-refractivity contribution in [3.05, 3.63) is 0 Å². The van der Waals surface area contributed by atoms with Gasteiger partial charge in [-0.3, -0.25) is 0 Å². The van der Waals surface area contributed by atoms with Crippen LogP contribution >= 0.6 is 0 Å². The number of piperidine rings is 1. The first-order valence-electron chi connectivity index (χ1n) is 7.66. The molecule has 1 aliphatic carbocycles. The summed E-state index contributed by atoms with van der Waals surface area (Å²) in [4.78, 5) is 14.2. The summed E-state index contributed by atoms with van der Waals surface area (Å²) in [5.41, 5.74) is -0.392. The van der Waals surface area contributed by atoms with Gasteiger partial charge < -0.3 is 15.0 Å². The third-order valence-electron chi connectivity index (χ3n) is 3.79. The zero-order chi connectivity index (χ0) is 13.9. The van der Waals surface area contributed by atoms with Crippen molar-refractivity contribution in [2.45, 2.75) is 64.5 Å². The molecule has 1 heterocycles. The van der Waals surface area contributed by atoms with E-state index >= 15 is 0 Å². The van der Waals surface area contributed by atoms with Gasteiger partial charge in [-0.25, -0.2) is 4.79 Å². The topological polar surface area (TPSA) is 41.6 Å². The van der Waals surface area contributed by atoms with E-state index in [9.17, 15) is 4.79 Å². The van der Waals surface area contributed by atoms with E-state index in [1.807, 2.05) is 25.7 Å². The lowest BCUT2D eigenvalue weighted by Crippen LogP contribution is -2.40. The SMILES string of the molecule is CC(C)(C)OC(=O)N(CCC1CCCNC1)C1CC1. The summed E-state index contributed by atoms with van der Waals surface area (Å²) in [5, 5.41) is 3.44. The summed E-state index contributed by atoms with van der Waals surface area (Å²) >= 11 is 0. The zero-order valence-electron chi connectivity index (χ0n) is 12.6. The molecule has 2 aliphatic rings. The molecule has 0 bridgehead atoms. The van der Waals surface area contributed by atoms with E-state index in [-0.39, 0.29) is 6.09 Å². The minimum Gasteiger partial charge on any atom is -0.444 e. The highest BCUT2D eigenvalue weighted by Crippen LogP contribution is 2.29. The first-order chi connectivity index (χ1) is 8.96. The molecule has 1 unspecified atom stereocenters. The molecule has 1 amide bonds. The van der Waals surface area contributed by atoms with Gasteiger partial charge in [0.2, 0.25) is 0 Å². The van der Waals surface area contributed by atoms with Gasteiger partial charge in [0.1, 0.15) is 5.60 Å². The second kappa shape index (κ2) is 6.12. The minimum atomic E-state index is -0.392. The Balaban J connectivity index is 1.80. The van der Waals surface area contributed by atoms with E-state index < -0.39 is 5.60 Å². The van der Waals surface area contributed by atoms with Crippen LogP contribution < -0.4 is 5.32 Å². The fourth-order valence-corrected chi connectivity index (χ4v) is 2.62. The second-order valence-electron chi connectivity index (χ2n) is 6.91. The molecule has 4 nitrogen and oxygen atoms in total.